The summed E-state index contributed by atoms with van der Waals surface area (Å²) >= 11 is 0. The molecule has 184 valence electrons. The molecule has 1 aliphatic rings. The van der Waals surface area contributed by atoms with Crippen molar-refractivity contribution in [3.8, 4) is 16.9 Å². The molecule has 0 atom stereocenters. The molecule has 0 saturated heterocycles. The van der Waals surface area contributed by atoms with Crippen LogP contribution in [0, 0.1) is 11.7 Å². The number of nitrogens with zero attached hydrogens (tertiary/aromatic N) is 3. The van der Waals surface area contributed by atoms with Crippen molar-refractivity contribution in [1.82, 2.24) is 14.7 Å². The summed E-state index contributed by atoms with van der Waals surface area (Å²) in [5.74, 6) is -0.0226. The molecule has 0 radical (unpaired) electrons. The van der Waals surface area contributed by atoms with E-state index in [2.05, 4.69) is 17.3 Å². The van der Waals surface area contributed by atoms with Gasteiger partial charge in [0.25, 0.3) is 0 Å². The maximum Gasteiger partial charge on any atom is 0.245 e. The molecule has 0 bridgehead atoms. The first-order valence-corrected chi connectivity index (χ1v) is 12.5. The van der Waals surface area contributed by atoms with Crippen LogP contribution in [0.15, 0.2) is 60.7 Å². The number of carbonyl (C=O) groups is 2. The highest BCUT2D eigenvalue weighted by Gasteiger charge is 2.28. The first kappa shape index (κ1) is 24.6. The number of unbranched alkanes of at least 4 members (excludes halogenated alkanes) is 2. The first-order valence-electron chi connectivity index (χ1n) is 12.5. The Labute approximate surface area is 206 Å². The van der Waals surface area contributed by atoms with Gasteiger partial charge in [-0.25, -0.2) is 9.07 Å². The van der Waals surface area contributed by atoms with Crippen LogP contribution >= 0.6 is 0 Å². The molecule has 1 aliphatic carbocycles. The van der Waals surface area contributed by atoms with E-state index in [0.29, 0.717) is 23.7 Å². The molecule has 35 heavy (non-hydrogen) atoms. The molecule has 3 aromatic rings. The fraction of sp³-hybridized carbons (Fsp3) is 0.393. The fourth-order valence-corrected chi connectivity index (χ4v) is 4.61. The third-order valence-electron chi connectivity index (χ3n) is 6.50. The quantitative estimate of drug-likeness (QED) is 0.375. The largest absolute Gasteiger partial charge is 0.333 e. The lowest BCUT2D eigenvalue weighted by Crippen LogP contribution is -2.41. The number of hydrogen-bond acceptors (Lipinski definition) is 3. The van der Waals surface area contributed by atoms with Crippen molar-refractivity contribution in [2.45, 2.75) is 51.9 Å². The number of nitrogens with one attached hydrogen (secondary N) is 1. The minimum Gasteiger partial charge on any atom is -0.333 e. The smallest absolute Gasteiger partial charge is 0.245 e. The Morgan fingerprint density at radius 2 is 1.77 bits per heavy atom. The lowest BCUT2D eigenvalue weighted by Gasteiger charge is -2.25. The van der Waals surface area contributed by atoms with E-state index in [4.69, 9.17) is 0 Å². The zero-order chi connectivity index (χ0) is 24.6. The molecular formula is C28H33FN4O2. The molecule has 7 heteroatoms. The maximum atomic E-state index is 13.5. The van der Waals surface area contributed by atoms with Gasteiger partial charge in [-0.2, -0.15) is 5.10 Å². The van der Waals surface area contributed by atoms with Gasteiger partial charge in [-0.3, -0.25) is 9.59 Å². The summed E-state index contributed by atoms with van der Waals surface area (Å²) < 4.78 is 15.1. The van der Waals surface area contributed by atoms with E-state index < -0.39 is 0 Å². The number of rotatable bonds is 10. The summed E-state index contributed by atoms with van der Waals surface area (Å²) in [5.41, 5.74) is 2.22. The van der Waals surface area contributed by atoms with Gasteiger partial charge in [0.2, 0.25) is 11.8 Å². The highest BCUT2D eigenvalue weighted by molar-refractivity contribution is 5.95. The van der Waals surface area contributed by atoms with Crippen LogP contribution in [0.5, 0.6) is 0 Å². The van der Waals surface area contributed by atoms with Crippen LogP contribution in [0.4, 0.5) is 10.2 Å². The Kier molecular flexibility index (Phi) is 8.29. The summed E-state index contributed by atoms with van der Waals surface area (Å²) in [5, 5.41) is 7.62. The number of anilines is 1. The molecule has 2 aromatic carbocycles. The Balaban J connectivity index is 1.55. The van der Waals surface area contributed by atoms with E-state index in [1.165, 1.54) is 12.1 Å². The van der Waals surface area contributed by atoms with E-state index in [0.717, 1.165) is 50.5 Å². The van der Waals surface area contributed by atoms with E-state index in [1.807, 2.05) is 30.3 Å². The van der Waals surface area contributed by atoms with E-state index in [-0.39, 0.29) is 30.1 Å². The first-order chi connectivity index (χ1) is 17.0. The Morgan fingerprint density at radius 3 is 2.46 bits per heavy atom. The summed E-state index contributed by atoms with van der Waals surface area (Å²) in [4.78, 5) is 28.0. The van der Waals surface area contributed by atoms with Gasteiger partial charge < -0.3 is 10.2 Å². The fourth-order valence-electron chi connectivity index (χ4n) is 4.61. The van der Waals surface area contributed by atoms with Crippen LogP contribution < -0.4 is 5.32 Å². The predicted molar refractivity (Wildman–Crippen MR) is 136 cm³/mol. The number of amides is 2. The van der Waals surface area contributed by atoms with Crippen LogP contribution in [0.3, 0.4) is 0 Å². The van der Waals surface area contributed by atoms with Crippen molar-refractivity contribution in [3.05, 3.63) is 66.5 Å². The monoisotopic (exact) mass is 476 g/mol. The summed E-state index contributed by atoms with van der Waals surface area (Å²) in [7, 11) is 0. The van der Waals surface area contributed by atoms with E-state index >= 15 is 0 Å². The van der Waals surface area contributed by atoms with Gasteiger partial charge >= 0.3 is 0 Å². The molecule has 0 aliphatic heterocycles. The SMILES string of the molecule is CCCCCN(CC(=O)Nc1cc(-c2ccccc2)nn1-c1ccc(F)cc1)C(=O)C1CCCC1. The second-order valence-electron chi connectivity index (χ2n) is 9.17. The van der Waals surface area contributed by atoms with Crippen LogP contribution in [0.1, 0.15) is 51.9 Å². The van der Waals surface area contributed by atoms with Gasteiger partial charge in [0.05, 0.1) is 17.9 Å². The summed E-state index contributed by atoms with van der Waals surface area (Å²) in [6.45, 7) is 2.72. The van der Waals surface area contributed by atoms with Crippen molar-refractivity contribution in [1.29, 1.82) is 0 Å². The number of halogens is 1. The zero-order valence-corrected chi connectivity index (χ0v) is 20.3. The maximum absolute atomic E-state index is 13.5. The molecule has 1 aromatic heterocycles. The molecule has 1 saturated carbocycles. The number of aromatic nitrogens is 2. The molecule has 4 rings (SSSR count). The number of carbonyl (C=O) groups excluding carboxylic acids is 2. The van der Waals surface area contributed by atoms with Crippen molar-refractivity contribution in [2.24, 2.45) is 5.92 Å². The average molecular weight is 477 g/mol. The second-order valence-corrected chi connectivity index (χ2v) is 9.17. The second kappa shape index (κ2) is 11.8. The Bertz CT molecular complexity index is 1120. The third-order valence-corrected chi connectivity index (χ3v) is 6.50. The van der Waals surface area contributed by atoms with Crippen LogP contribution in [-0.2, 0) is 9.59 Å². The number of hydrogen-bond donors (Lipinski definition) is 1. The molecule has 6 nitrogen and oxygen atoms in total. The highest BCUT2D eigenvalue weighted by atomic mass is 19.1. The molecule has 1 heterocycles. The van der Waals surface area contributed by atoms with Crippen molar-refractivity contribution in [2.75, 3.05) is 18.4 Å². The molecular weight excluding hydrogens is 443 g/mol. The highest BCUT2D eigenvalue weighted by Crippen LogP contribution is 2.27. The van der Waals surface area contributed by atoms with E-state index in [9.17, 15) is 14.0 Å². The van der Waals surface area contributed by atoms with Gasteiger partial charge in [-0.05, 0) is 43.5 Å². The van der Waals surface area contributed by atoms with Crippen LogP contribution in [0.2, 0.25) is 0 Å². The standard InChI is InChI=1S/C28H33FN4O2/c1-2-3-9-18-32(28(35)22-12-7-8-13-22)20-27(34)30-26-19-25(21-10-5-4-6-11-21)31-33(26)24-16-14-23(29)15-17-24/h4-6,10-11,14-17,19,22H,2-3,7-9,12-13,18,20H2,1H3,(H,30,34). The lowest BCUT2D eigenvalue weighted by atomic mass is 10.1. The normalized spacial score (nSPS) is 13.7. The van der Waals surface area contributed by atoms with Gasteiger partial charge in [-0.1, -0.05) is 62.9 Å². The zero-order valence-electron chi connectivity index (χ0n) is 20.3. The average Bonchev–Trinajstić information content (AvgIpc) is 3.55. The minimum atomic E-state index is -0.345. The van der Waals surface area contributed by atoms with E-state index in [1.54, 1.807) is 27.8 Å². The van der Waals surface area contributed by atoms with Crippen molar-refractivity contribution < 1.29 is 14.0 Å². The summed E-state index contributed by atoms with van der Waals surface area (Å²) in [6, 6.07) is 17.4. The van der Waals surface area contributed by atoms with Crippen molar-refractivity contribution in [3.63, 3.8) is 0 Å². The van der Waals surface area contributed by atoms with Crippen molar-refractivity contribution >= 4 is 17.6 Å². The lowest BCUT2D eigenvalue weighted by molar-refractivity contribution is -0.138. The minimum absolute atomic E-state index is 0.00825. The molecule has 1 N–H and O–H groups in total. The van der Waals surface area contributed by atoms with Gasteiger partial charge in [0.1, 0.15) is 11.6 Å². The van der Waals surface area contributed by atoms with Gasteiger partial charge in [0, 0.05) is 24.1 Å². The molecule has 2 amide bonds. The molecule has 1 fully saturated rings. The van der Waals surface area contributed by atoms with Crippen LogP contribution in [0.25, 0.3) is 16.9 Å². The topological polar surface area (TPSA) is 67.2 Å². The predicted octanol–water partition coefficient (Wildman–Crippen LogP) is 5.83. The molecule has 0 spiro atoms. The Morgan fingerprint density at radius 1 is 1.06 bits per heavy atom. The third kappa shape index (κ3) is 6.35. The van der Waals surface area contributed by atoms with Gasteiger partial charge in [0.15, 0.2) is 0 Å². The molecule has 0 unspecified atom stereocenters. The Hall–Kier alpha value is -3.48. The van der Waals surface area contributed by atoms with Crippen LogP contribution in [-0.4, -0.2) is 39.6 Å². The summed E-state index contributed by atoms with van der Waals surface area (Å²) in [6.07, 6.45) is 6.92. The van der Waals surface area contributed by atoms with Gasteiger partial charge in [-0.15, -0.1) is 0 Å². The number of benzene rings is 2.